The van der Waals surface area contributed by atoms with Crippen molar-refractivity contribution >= 4 is 28.3 Å². The van der Waals surface area contributed by atoms with Crippen LogP contribution in [0.15, 0.2) is 5.38 Å². The first kappa shape index (κ1) is 14.0. The van der Waals surface area contributed by atoms with Crippen LogP contribution in [0.1, 0.15) is 31.4 Å². The average molecular weight is 284 g/mol. The first-order valence-corrected chi connectivity index (χ1v) is 7.09. The molecule has 0 saturated carbocycles. The third kappa shape index (κ3) is 4.60. The zero-order valence-corrected chi connectivity index (χ0v) is 11.2. The number of aliphatic carboxylic acids is 1. The molecule has 104 valence electrons. The van der Waals surface area contributed by atoms with Crippen LogP contribution in [-0.2, 0) is 20.7 Å². The highest BCUT2D eigenvalue weighted by atomic mass is 32.1. The Labute approximate surface area is 114 Å². The maximum Gasteiger partial charge on any atom is 0.309 e. The lowest BCUT2D eigenvalue weighted by Crippen LogP contribution is -2.15. The minimum Gasteiger partial charge on any atom is -0.481 e. The smallest absolute Gasteiger partial charge is 0.309 e. The van der Waals surface area contributed by atoms with Crippen molar-refractivity contribution in [3.8, 4) is 0 Å². The van der Waals surface area contributed by atoms with Crippen LogP contribution in [0, 0.1) is 0 Å². The van der Waals surface area contributed by atoms with E-state index in [1.165, 1.54) is 11.3 Å². The van der Waals surface area contributed by atoms with E-state index < -0.39 is 5.97 Å². The van der Waals surface area contributed by atoms with Gasteiger partial charge in [0.25, 0.3) is 0 Å². The molecule has 2 heterocycles. The highest BCUT2D eigenvalue weighted by Crippen LogP contribution is 2.19. The Balaban J connectivity index is 1.74. The Bertz CT molecular complexity index is 454. The number of nitrogens with zero attached hydrogens (tertiary/aromatic N) is 1. The number of thiazole rings is 1. The first-order chi connectivity index (χ1) is 9.13. The highest BCUT2D eigenvalue weighted by Gasteiger charge is 2.17. The number of hydrogen-bond donors (Lipinski definition) is 2. The van der Waals surface area contributed by atoms with Crippen molar-refractivity contribution in [1.82, 2.24) is 4.98 Å². The summed E-state index contributed by atoms with van der Waals surface area (Å²) in [6.07, 6.45) is 3.29. The van der Waals surface area contributed by atoms with Crippen molar-refractivity contribution < 1.29 is 19.4 Å². The molecular weight excluding hydrogens is 268 g/mol. The van der Waals surface area contributed by atoms with Crippen molar-refractivity contribution in [2.45, 2.75) is 38.2 Å². The van der Waals surface area contributed by atoms with Crippen molar-refractivity contribution in [1.29, 1.82) is 0 Å². The Kier molecular flexibility index (Phi) is 4.86. The van der Waals surface area contributed by atoms with E-state index >= 15 is 0 Å². The Hall–Kier alpha value is -1.47. The second-order valence-electron chi connectivity index (χ2n) is 4.44. The van der Waals surface area contributed by atoms with Gasteiger partial charge in [0.1, 0.15) is 0 Å². The molecule has 1 aromatic rings. The van der Waals surface area contributed by atoms with Crippen molar-refractivity contribution in [3.63, 3.8) is 0 Å². The second kappa shape index (κ2) is 6.63. The quantitative estimate of drug-likeness (QED) is 0.829. The number of rotatable bonds is 6. The van der Waals surface area contributed by atoms with E-state index in [1.54, 1.807) is 5.38 Å². The van der Waals surface area contributed by atoms with Gasteiger partial charge in [0, 0.05) is 18.4 Å². The van der Waals surface area contributed by atoms with Gasteiger partial charge in [0.15, 0.2) is 5.13 Å². The number of carbonyl (C=O) groups is 2. The Morgan fingerprint density at radius 3 is 3.11 bits per heavy atom. The number of carboxylic acid groups (broad SMARTS) is 1. The fourth-order valence-electron chi connectivity index (χ4n) is 1.95. The van der Waals surface area contributed by atoms with Crippen LogP contribution in [-0.4, -0.2) is 34.7 Å². The number of amides is 1. The molecule has 6 nitrogen and oxygen atoms in total. The minimum absolute atomic E-state index is 0.105. The molecule has 0 spiro atoms. The molecule has 1 aliphatic heterocycles. The van der Waals surface area contributed by atoms with Crippen molar-refractivity contribution in [2.75, 3.05) is 11.9 Å². The molecule has 2 rings (SSSR count). The average Bonchev–Trinajstić information content (AvgIpc) is 2.97. The molecule has 1 amide bonds. The van der Waals surface area contributed by atoms with Gasteiger partial charge in [-0.15, -0.1) is 11.3 Å². The number of carbonyl (C=O) groups excluding carboxylic acids is 1. The van der Waals surface area contributed by atoms with E-state index in [4.69, 9.17) is 9.84 Å². The summed E-state index contributed by atoms with van der Waals surface area (Å²) in [5, 5.41) is 13.4. The van der Waals surface area contributed by atoms with Crippen LogP contribution in [0.4, 0.5) is 5.13 Å². The SMILES string of the molecule is O=C(O)Cc1csc(NC(=O)CCC2CCCO2)n1. The number of nitrogens with one attached hydrogen (secondary N) is 1. The molecule has 1 aliphatic rings. The first-order valence-electron chi connectivity index (χ1n) is 6.21. The summed E-state index contributed by atoms with van der Waals surface area (Å²) >= 11 is 1.24. The number of hydrogen-bond acceptors (Lipinski definition) is 5. The van der Waals surface area contributed by atoms with Crippen LogP contribution in [0.3, 0.4) is 0 Å². The van der Waals surface area contributed by atoms with Gasteiger partial charge in [-0.25, -0.2) is 4.98 Å². The second-order valence-corrected chi connectivity index (χ2v) is 5.29. The van der Waals surface area contributed by atoms with Gasteiger partial charge in [0.05, 0.1) is 18.2 Å². The van der Waals surface area contributed by atoms with Gasteiger partial charge in [-0.2, -0.15) is 0 Å². The van der Waals surface area contributed by atoms with Crippen LogP contribution >= 0.6 is 11.3 Å². The highest BCUT2D eigenvalue weighted by molar-refractivity contribution is 7.13. The molecule has 0 bridgehead atoms. The predicted molar refractivity (Wildman–Crippen MR) is 70.3 cm³/mol. The molecule has 7 heteroatoms. The Morgan fingerprint density at radius 1 is 1.58 bits per heavy atom. The standard InChI is InChI=1S/C12H16N2O4S/c15-10(4-3-9-2-1-5-18-9)14-12-13-8(7-19-12)6-11(16)17/h7,9H,1-6H2,(H,16,17)(H,13,14,15). The Morgan fingerprint density at radius 2 is 2.42 bits per heavy atom. The normalized spacial score (nSPS) is 18.4. The van der Waals surface area contributed by atoms with E-state index in [1.807, 2.05) is 0 Å². The van der Waals surface area contributed by atoms with Gasteiger partial charge >= 0.3 is 5.97 Å². The van der Waals surface area contributed by atoms with Crippen LogP contribution < -0.4 is 5.32 Å². The molecule has 2 N–H and O–H groups in total. The number of anilines is 1. The van der Waals surface area contributed by atoms with Gasteiger partial charge in [-0.3, -0.25) is 9.59 Å². The summed E-state index contributed by atoms with van der Waals surface area (Å²) in [6, 6.07) is 0. The summed E-state index contributed by atoms with van der Waals surface area (Å²) in [7, 11) is 0. The summed E-state index contributed by atoms with van der Waals surface area (Å²) in [5.41, 5.74) is 0.465. The fraction of sp³-hybridized carbons (Fsp3) is 0.583. The third-order valence-electron chi connectivity index (χ3n) is 2.85. The van der Waals surface area contributed by atoms with Crippen molar-refractivity contribution in [3.05, 3.63) is 11.1 Å². The lowest BCUT2D eigenvalue weighted by molar-refractivity contribution is -0.136. The largest absolute Gasteiger partial charge is 0.481 e. The van der Waals surface area contributed by atoms with E-state index in [0.29, 0.717) is 17.2 Å². The van der Waals surface area contributed by atoms with Gasteiger partial charge < -0.3 is 15.2 Å². The van der Waals surface area contributed by atoms with Crippen LogP contribution in [0.2, 0.25) is 0 Å². The number of carboxylic acids is 1. The molecule has 1 unspecified atom stereocenters. The van der Waals surface area contributed by atoms with Gasteiger partial charge in [-0.1, -0.05) is 0 Å². The molecule has 1 aromatic heterocycles. The zero-order valence-electron chi connectivity index (χ0n) is 10.4. The number of ether oxygens (including phenoxy) is 1. The third-order valence-corrected chi connectivity index (χ3v) is 3.65. The monoisotopic (exact) mass is 284 g/mol. The van der Waals surface area contributed by atoms with Crippen LogP contribution in [0.25, 0.3) is 0 Å². The van der Waals surface area contributed by atoms with Gasteiger partial charge in [-0.05, 0) is 19.3 Å². The van der Waals surface area contributed by atoms with E-state index in [0.717, 1.165) is 25.9 Å². The van der Waals surface area contributed by atoms with E-state index in [-0.39, 0.29) is 18.4 Å². The molecule has 19 heavy (non-hydrogen) atoms. The van der Waals surface area contributed by atoms with Gasteiger partial charge in [0.2, 0.25) is 5.91 Å². The maximum absolute atomic E-state index is 11.7. The fourth-order valence-corrected chi connectivity index (χ4v) is 2.67. The number of aromatic nitrogens is 1. The topological polar surface area (TPSA) is 88.5 Å². The molecular formula is C12H16N2O4S. The lowest BCUT2D eigenvalue weighted by Gasteiger charge is -2.07. The molecule has 1 saturated heterocycles. The molecule has 1 fully saturated rings. The van der Waals surface area contributed by atoms with Crippen LogP contribution in [0.5, 0.6) is 0 Å². The minimum atomic E-state index is -0.929. The summed E-state index contributed by atoms with van der Waals surface area (Å²) in [4.78, 5) is 26.2. The zero-order chi connectivity index (χ0) is 13.7. The van der Waals surface area contributed by atoms with Crippen molar-refractivity contribution in [2.24, 2.45) is 0 Å². The maximum atomic E-state index is 11.7. The van der Waals surface area contributed by atoms with E-state index in [9.17, 15) is 9.59 Å². The summed E-state index contributed by atoms with van der Waals surface area (Å²) in [6.45, 7) is 0.789. The predicted octanol–water partition coefficient (Wildman–Crippen LogP) is 1.67. The van der Waals surface area contributed by atoms with E-state index in [2.05, 4.69) is 10.3 Å². The summed E-state index contributed by atoms with van der Waals surface area (Å²) in [5.74, 6) is -1.03. The lowest BCUT2D eigenvalue weighted by atomic mass is 10.1. The molecule has 0 aliphatic carbocycles. The summed E-state index contributed by atoms with van der Waals surface area (Å²) < 4.78 is 5.44. The molecule has 1 atom stereocenters. The molecule has 0 radical (unpaired) electrons. The molecule has 0 aromatic carbocycles.